The van der Waals surface area contributed by atoms with Crippen molar-refractivity contribution in [3.63, 3.8) is 0 Å². The Balaban J connectivity index is 1.62. The third-order valence-corrected chi connectivity index (χ3v) is 7.10. The fourth-order valence-electron chi connectivity index (χ4n) is 4.94. The van der Waals surface area contributed by atoms with Gasteiger partial charge in [-0.25, -0.2) is 14.6 Å². The minimum Gasteiger partial charge on any atom is -0.506 e. The van der Waals surface area contributed by atoms with Crippen LogP contribution < -0.4 is 11.3 Å². The summed E-state index contributed by atoms with van der Waals surface area (Å²) in [5, 5.41) is 17.4. The van der Waals surface area contributed by atoms with Crippen molar-refractivity contribution in [3.05, 3.63) is 105 Å². The molecule has 3 N–H and O–H groups in total. The van der Waals surface area contributed by atoms with Gasteiger partial charge in [-0.1, -0.05) is 54.1 Å². The molecule has 0 fully saturated rings. The maximum atomic E-state index is 14.0. The Hall–Kier alpha value is -4.69. The van der Waals surface area contributed by atoms with Crippen molar-refractivity contribution in [1.29, 1.82) is 0 Å². The molecule has 3 aromatic carbocycles. The molecule has 0 aliphatic heterocycles. The average Bonchev–Trinajstić information content (AvgIpc) is 3.26. The van der Waals surface area contributed by atoms with Crippen LogP contribution in [0.5, 0.6) is 5.75 Å². The molecule has 0 saturated carbocycles. The summed E-state index contributed by atoms with van der Waals surface area (Å²) in [6, 6.07) is 20.5. The lowest BCUT2D eigenvalue weighted by atomic mass is 10.1. The van der Waals surface area contributed by atoms with Crippen LogP contribution in [-0.2, 0) is 6.54 Å². The molecule has 3 heterocycles. The zero-order valence-electron chi connectivity index (χ0n) is 20.7. The maximum Gasteiger partial charge on any atom is 0.263 e. The van der Waals surface area contributed by atoms with Crippen LogP contribution >= 0.6 is 11.6 Å². The van der Waals surface area contributed by atoms with Crippen LogP contribution in [0, 0.1) is 13.8 Å². The third-order valence-electron chi connectivity index (χ3n) is 6.78. The predicted octanol–water partition coefficient (Wildman–Crippen LogP) is 5.40. The van der Waals surface area contributed by atoms with Crippen molar-refractivity contribution in [3.8, 4) is 22.7 Å². The van der Waals surface area contributed by atoms with E-state index in [-0.39, 0.29) is 28.7 Å². The van der Waals surface area contributed by atoms with E-state index in [2.05, 4.69) is 9.97 Å². The smallest absolute Gasteiger partial charge is 0.263 e. The second-order valence-electron chi connectivity index (χ2n) is 9.23. The number of pyridine rings is 1. The number of aromatic hydroxyl groups is 1. The Morgan fingerprint density at radius 3 is 2.53 bits per heavy atom. The van der Waals surface area contributed by atoms with Crippen molar-refractivity contribution in [2.75, 3.05) is 5.73 Å². The van der Waals surface area contributed by atoms with Crippen LogP contribution in [0.1, 0.15) is 16.8 Å². The number of phenolic OH excluding ortho intramolecular Hbond substituents is 1. The van der Waals surface area contributed by atoms with Gasteiger partial charge in [0.25, 0.3) is 5.56 Å². The summed E-state index contributed by atoms with van der Waals surface area (Å²) in [7, 11) is 0. The SMILES string of the molecule is Cc1ccccc1-n1c(Cn2nc(-c3ccc(Cl)c(O)c3)c3c(N)ncnc32)cc2cccc(C)c2c1=O. The Morgan fingerprint density at radius 2 is 1.74 bits per heavy atom. The van der Waals surface area contributed by atoms with Gasteiger partial charge in [-0.3, -0.25) is 9.36 Å². The monoisotopic (exact) mass is 522 g/mol. The fraction of sp³-hybridized carbons (Fsp3) is 0.103. The number of fused-ring (bicyclic) bond motifs is 2. The first-order valence-corrected chi connectivity index (χ1v) is 12.4. The molecule has 8 nitrogen and oxygen atoms in total. The quantitative estimate of drug-likeness (QED) is 0.320. The number of hydrogen-bond donors (Lipinski definition) is 2. The summed E-state index contributed by atoms with van der Waals surface area (Å²) in [4.78, 5) is 22.6. The Labute approximate surface area is 222 Å². The van der Waals surface area contributed by atoms with E-state index in [9.17, 15) is 9.90 Å². The third kappa shape index (κ3) is 3.77. The number of rotatable bonds is 4. The molecule has 0 unspecified atom stereocenters. The number of aryl methyl sites for hydroxylation is 2. The van der Waals surface area contributed by atoms with E-state index in [1.807, 2.05) is 62.4 Å². The number of phenols is 1. The van der Waals surface area contributed by atoms with E-state index in [0.717, 1.165) is 27.9 Å². The van der Waals surface area contributed by atoms with E-state index >= 15 is 0 Å². The summed E-state index contributed by atoms with van der Waals surface area (Å²) in [5.74, 6) is 0.191. The van der Waals surface area contributed by atoms with Crippen LogP contribution in [0.2, 0.25) is 5.02 Å². The lowest BCUT2D eigenvalue weighted by Crippen LogP contribution is -2.25. The molecular formula is C29H23ClN6O2. The molecule has 0 bridgehead atoms. The second kappa shape index (κ2) is 9.00. The molecule has 38 heavy (non-hydrogen) atoms. The number of aromatic nitrogens is 5. The molecular weight excluding hydrogens is 500 g/mol. The molecule has 0 atom stereocenters. The van der Waals surface area contributed by atoms with Crippen molar-refractivity contribution in [2.45, 2.75) is 20.4 Å². The molecule has 188 valence electrons. The average molecular weight is 523 g/mol. The fourth-order valence-corrected chi connectivity index (χ4v) is 5.06. The number of halogens is 1. The zero-order valence-corrected chi connectivity index (χ0v) is 21.4. The Bertz CT molecular complexity index is 1940. The van der Waals surface area contributed by atoms with Gasteiger partial charge in [0.05, 0.1) is 28.0 Å². The molecule has 0 aliphatic rings. The highest BCUT2D eigenvalue weighted by Crippen LogP contribution is 2.34. The van der Waals surface area contributed by atoms with Gasteiger partial charge >= 0.3 is 0 Å². The van der Waals surface area contributed by atoms with Gasteiger partial charge in [-0.15, -0.1) is 0 Å². The second-order valence-corrected chi connectivity index (χ2v) is 9.64. The van der Waals surface area contributed by atoms with Gasteiger partial charge in [0.1, 0.15) is 23.6 Å². The van der Waals surface area contributed by atoms with Crippen LogP contribution in [0.4, 0.5) is 5.82 Å². The minimum absolute atomic E-state index is 0.0689. The van der Waals surface area contributed by atoms with Gasteiger partial charge in [0, 0.05) is 11.3 Å². The largest absolute Gasteiger partial charge is 0.506 e. The van der Waals surface area contributed by atoms with Crippen molar-refractivity contribution in [2.24, 2.45) is 0 Å². The van der Waals surface area contributed by atoms with Crippen molar-refractivity contribution >= 4 is 39.2 Å². The zero-order chi connectivity index (χ0) is 26.6. The molecule has 0 amide bonds. The number of hydrogen-bond acceptors (Lipinski definition) is 6. The number of nitrogens with two attached hydrogens (primary N) is 1. The molecule has 6 rings (SSSR count). The molecule has 0 spiro atoms. The van der Waals surface area contributed by atoms with Gasteiger partial charge in [-0.2, -0.15) is 5.10 Å². The summed E-state index contributed by atoms with van der Waals surface area (Å²) < 4.78 is 3.45. The predicted molar refractivity (Wildman–Crippen MR) is 150 cm³/mol. The van der Waals surface area contributed by atoms with Crippen LogP contribution in [0.3, 0.4) is 0 Å². The van der Waals surface area contributed by atoms with E-state index < -0.39 is 0 Å². The summed E-state index contributed by atoms with van der Waals surface area (Å²) in [6.07, 6.45) is 1.39. The first-order chi connectivity index (χ1) is 18.3. The maximum absolute atomic E-state index is 14.0. The molecule has 0 aliphatic carbocycles. The lowest BCUT2D eigenvalue weighted by Gasteiger charge is -2.17. The molecule has 0 radical (unpaired) electrons. The number of para-hydroxylation sites is 1. The number of nitrogens with zero attached hydrogens (tertiary/aromatic N) is 5. The standard InChI is InChI=1S/C29H23ClN6O2/c1-16-6-3-4-9-22(16)36-20(12-18-8-5-7-17(2)24(18)29(36)38)14-35-28-25(27(31)32-15-33-28)26(34-35)19-10-11-21(30)23(37)13-19/h3-13,15,37H,14H2,1-2H3,(H2,31,32,33). The highest BCUT2D eigenvalue weighted by Gasteiger charge is 2.21. The summed E-state index contributed by atoms with van der Waals surface area (Å²) in [5.41, 5.74) is 11.2. The first-order valence-electron chi connectivity index (χ1n) is 12.0. The van der Waals surface area contributed by atoms with E-state index in [4.69, 9.17) is 22.4 Å². The van der Waals surface area contributed by atoms with Gasteiger partial charge in [-0.05, 0) is 54.6 Å². The minimum atomic E-state index is -0.0988. The topological polar surface area (TPSA) is 112 Å². The molecule has 6 aromatic rings. The normalized spacial score (nSPS) is 11.4. The van der Waals surface area contributed by atoms with Gasteiger partial charge in [0.2, 0.25) is 0 Å². The van der Waals surface area contributed by atoms with E-state index in [1.165, 1.54) is 12.4 Å². The lowest BCUT2D eigenvalue weighted by molar-refractivity contribution is 0.476. The number of benzene rings is 3. The highest BCUT2D eigenvalue weighted by molar-refractivity contribution is 6.32. The van der Waals surface area contributed by atoms with Gasteiger partial charge in [0.15, 0.2) is 5.65 Å². The first kappa shape index (κ1) is 23.7. The van der Waals surface area contributed by atoms with E-state index in [1.54, 1.807) is 21.4 Å². The van der Waals surface area contributed by atoms with Crippen molar-refractivity contribution in [1.82, 2.24) is 24.3 Å². The van der Waals surface area contributed by atoms with Crippen LogP contribution in [0.15, 0.2) is 77.9 Å². The van der Waals surface area contributed by atoms with Gasteiger partial charge < -0.3 is 10.8 Å². The molecule has 9 heteroatoms. The Kier molecular flexibility index (Phi) is 5.61. The van der Waals surface area contributed by atoms with Crippen LogP contribution in [0.25, 0.3) is 38.8 Å². The number of nitrogen functional groups attached to an aromatic ring is 1. The summed E-state index contributed by atoms with van der Waals surface area (Å²) in [6.45, 7) is 4.16. The van der Waals surface area contributed by atoms with Crippen molar-refractivity contribution < 1.29 is 5.11 Å². The van der Waals surface area contributed by atoms with E-state index in [0.29, 0.717) is 27.7 Å². The van der Waals surface area contributed by atoms with Crippen LogP contribution in [-0.4, -0.2) is 29.4 Å². The summed E-state index contributed by atoms with van der Waals surface area (Å²) >= 11 is 6.03. The molecule has 0 saturated heterocycles. The Morgan fingerprint density at radius 1 is 0.947 bits per heavy atom. The molecule has 3 aromatic heterocycles. The number of anilines is 1. The highest BCUT2D eigenvalue weighted by atomic mass is 35.5.